The summed E-state index contributed by atoms with van der Waals surface area (Å²) in [4.78, 5) is 19.5. The molecule has 1 saturated heterocycles. The number of rotatable bonds is 5. The van der Waals surface area contributed by atoms with Gasteiger partial charge in [-0.05, 0) is 43.2 Å². The highest BCUT2D eigenvalue weighted by atomic mass is 16.2. The summed E-state index contributed by atoms with van der Waals surface area (Å²) in [7, 11) is 0. The number of allylic oxidation sites excluding steroid dienone is 1. The van der Waals surface area contributed by atoms with Crippen molar-refractivity contribution in [2.75, 3.05) is 11.4 Å². The third-order valence-electron chi connectivity index (χ3n) is 5.26. The molecule has 3 aromatic rings. The second-order valence-electron chi connectivity index (χ2n) is 7.43. The highest BCUT2D eigenvalue weighted by molar-refractivity contribution is 5.96. The predicted octanol–water partition coefficient (Wildman–Crippen LogP) is 4.70. The predicted molar refractivity (Wildman–Crippen MR) is 110 cm³/mol. The number of carbonyl (C=O) groups excluding carboxylic acids is 1. The van der Waals surface area contributed by atoms with Crippen LogP contribution < -0.4 is 4.90 Å². The molecule has 0 radical (unpaired) electrons. The van der Waals surface area contributed by atoms with Gasteiger partial charge in [0.05, 0.1) is 11.0 Å². The lowest BCUT2D eigenvalue weighted by Crippen LogP contribution is -2.24. The molecule has 1 amide bonds. The molecule has 1 aromatic heterocycles. The van der Waals surface area contributed by atoms with E-state index in [1.54, 1.807) is 0 Å². The Balaban J connectivity index is 1.68. The molecule has 2 heterocycles. The summed E-state index contributed by atoms with van der Waals surface area (Å²) in [5, 5.41) is 0. The van der Waals surface area contributed by atoms with E-state index in [-0.39, 0.29) is 11.8 Å². The van der Waals surface area contributed by atoms with Gasteiger partial charge in [0, 0.05) is 31.1 Å². The molecule has 4 heteroatoms. The molecule has 0 aliphatic carbocycles. The largest absolute Gasteiger partial charge is 0.324 e. The van der Waals surface area contributed by atoms with Gasteiger partial charge in [0.1, 0.15) is 5.82 Å². The maximum Gasteiger partial charge on any atom is 0.227 e. The number of fused-ring (bicyclic) bond motifs is 1. The Morgan fingerprint density at radius 2 is 1.93 bits per heavy atom. The smallest absolute Gasteiger partial charge is 0.227 e. The van der Waals surface area contributed by atoms with Gasteiger partial charge in [0.25, 0.3) is 0 Å². The zero-order valence-corrected chi connectivity index (χ0v) is 16.0. The molecule has 1 fully saturated rings. The Morgan fingerprint density at radius 3 is 2.63 bits per heavy atom. The second kappa shape index (κ2) is 7.03. The summed E-state index contributed by atoms with van der Waals surface area (Å²) < 4.78 is 2.22. The fourth-order valence-corrected chi connectivity index (χ4v) is 3.88. The molecule has 2 aromatic carbocycles. The lowest BCUT2D eigenvalue weighted by Gasteiger charge is -2.18. The molecule has 27 heavy (non-hydrogen) atoms. The van der Waals surface area contributed by atoms with Crippen molar-refractivity contribution in [3.8, 4) is 0 Å². The molecule has 1 atom stereocenters. The van der Waals surface area contributed by atoms with Crippen LogP contribution >= 0.6 is 0 Å². The van der Waals surface area contributed by atoms with Crippen molar-refractivity contribution in [3.63, 3.8) is 0 Å². The zero-order valence-electron chi connectivity index (χ0n) is 16.0. The van der Waals surface area contributed by atoms with Crippen LogP contribution in [0, 0.1) is 0 Å². The van der Waals surface area contributed by atoms with Gasteiger partial charge in [-0.3, -0.25) is 4.79 Å². The topological polar surface area (TPSA) is 38.1 Å². The molecule has 1 aliphatic heterocycles. The normalized spacial score (nSPS) is 17.0. The fourth-order valence-electron chi connectivity index (χ4n) is 3.88. The van der Waals surface area contributed by atoms with E-state index in [1.807, 2.05) is 30.0 Å². The maximum atomic E-state index is 12.7. The van der Waals surface area contributed by atoms with Crippen LogP contribution in [0.15, 0.2) is 60.7 Å². The van der Waals surface area contributed by atoms with Crippen molar-refractivity contribution in [2.24, 2.45) is 0 Å². The van der Waals surface area contributed by atoms with Gasteiger partial charge < -0.3 is 9.47 Å². The van der Waals surface area contributed by atoms with E-state index < -0.39 is 0 Å². The number of benzene rings is 2. The number of anilines is 1. The van der Waals surface area contributed by atoms with E-state index in [0.29, 0.717) is 13.0 Å². The molecule has 0 unspecified atom stereocenters. The van der Waals surface area contributed by atoms with E-state index >= 15 is 0 Å². The number of amides is 1. The SMILES string of the molecule is C=C(C)Cn1c([C@@H]2CC(=O)N(c3ccc(CC)cc3)C2)nc2ccccc21. The van der Waals surface area contributed by atoms with Crippen LogP contribution in [0.5, 0.6) is 0 Å². The summed E-state index contributed by atoms with van der Waals surface area (Å²) in [6, 6.07) is 16.5. The minimum absolute atomic E-state index is 0.0927. The van der Waals surface area contributed by atoms with Crippen molar-refractivity contribution in [1.82, 2.24) is 9.55 Å². The third-order valence-corrected chi connectivity index (χ3v) is 5.26. The summed E-state index contributed by atoms with van der Waals surface area (Å²) in [5.74, 6) is 1.24. The Bertz CT molecular complexity index is 1000. The Hall–Kier alpha value is -2.88. The van der Waals surface area contributed by atoms with Crippen molar-refractivity contribution >= 4 is 22.6 Å². The first-order valence-corrected chi connectivity index (χ1v) is 9.55. The number of aromatic nitrogens is 2. The summed E-state index contributed by atoms with van der Waals surface area (Å²) in [6.07, 6.45) is 1.50. The van der Waals surface area contributed by atoms with Gasteiger partial charge in [-0.25, -0.2) is 4.98 Å². The number of hydrogen-bond acceptors (Lipinski definition) is 2. The molecule has 1 aliphatic rings. The lowest BCUT2D eigenvalue weighted by atomic mass is 10.1. The first-order chi connectivity index (χ1) is 13.1. The van der Waals surface area contributed by atoms with Crippen LogP contribution in [0.4, 0.5) is 5.69 Å². The quantitative estimate of drug-likeness (QED) is 0.620. The van der Waals surface area contributed by atoms with E-state index in [0.717, 1.165) is 41.1 Å². The number of hydrogen-bond donors (Lipinski definition) is 0. The Kier molecular flexibility index (Phi) is 4.56. The molecule has 4 nitrogen and oxygen atoms in total. The van der Waals surface area contributed by atoms with Crippen LogP contribution in [-0.4, -0.2) is 22.0 Å². The molecule has 0 spiro atoms. The maximum absolute atomic E-state index is 12.7. The van der Waals surface area contributed by atoms with Crippen LogP contribution in [0.3, 0.4) is 0 Å². The molecular formula is C23H25N3O. The third kappa shape index (κ3) is 3.27. The lowest BCUT2D eigenvalue weighted by molar-refractivity contribution is -0.117. The monoisotopic (exact) mass is 359 g/mol. The highest BCUT2D eigenvalue weighted by Crippen LogP contribution is 2.33. The zero-order chi connectivity index (χ0) is 19.0. The van der Waals surface area contributed by atoms with Crippen molar-refractivity contribution in [2.45, 2.75) is 39.2 Å². The number of carbonyl (C=O) groups is 1. The second-order valence-corrected chi connectivity index (χ2v) is 7.43. The molecule has 138 valence electrons. The van der Waals surface area contributed by atoms with Crippen molar-refractivity contribution in [1.29, 1.82) is 0 Å². The number of imidazole rings is 1. The molecule has 0 saturated carbocycles. The highest BCUT2D eigenvalue weighted by Gasteiger charge is 2.34. The minimum Gasteiger partial charge on any atom is -0.324 e. The van der Waals surface area contributed by atoms with Gasteiger partial charge in [0.15, 0.2) is 0 Å². The van der Waals surface area contributed by atoms with Crippen molar-refractivity contribution in [3.05, 3.63) is 72.1 Å². The standard InChI is InChI=1S/C23H25N3O/c1-4-17-9-11-19(12-10-17)25-15-18(13-22(25)27)23-24-20-7-5-6-8-21(20)26(23)14-16(2)3/h5-12,18H,2,4,13-15H2,1,3H3/t18-/m1/s1. The minimum atomic E-state index is 0.0927. The Morgan fingerprint density at radius 1 is 1.19 bits per heavy atom. The van der Waals surface area contributed by atoms with E-state index in [1.165, 1.54) is 5.56 Å². The Labute approximate surface area is 160 Å². The average Bonchev–Trinajstić information content (AvgIpc) is 3.22. The number of aryl methyl sites for hydroxylation is 1. The van der Waals surface area contributed by atoms with Gasteiger partial charge in [-0.15, -0.1) is 0 Å². The fraction of sp³-hybridized carbons (Fsp3) is 0.304. The summed E-state index contributed by atoms with van der Waals surface area (Å²) in [6.45, 7) is 9.64. The van der Waals surface area contributed by atoms with Crippen LogP contribution in [0.2, 0.25) is 0 Å². The van der Waals surface area contributed by atoms with Gasteiger partial charge in [0.2, 0.25) is 5.91 Å². The van der Waals surface area contributed by atoms with E-state index in [2.05, 4.69) is 48.4 Å². The van der Waals surface area contributed by atoms with Crippen LogP contribution in [-0.2, 0) is 17.8 Å². The number of para-hydroxylation sites is 2. The van der Waals surface area contributed by atoms with Gasteiger partial charge in [-0.1, -0.05) is 43.3 Å². The first kappa shape index (κ1) is 17.5. The van der Waals surface area contributed by atoms with Crippen LogP contribution in [0.1, 0.15) is 37.6 Å². The molecule has 0 N–H and O–H groups in total. The van der Waals surface area contributed by atoms with Gasteiger partial charge in [-0.2, -0.15) is 0 Å². The van der Waals surface area contributed by atoms with E-state index in [9.17, 15) is 4.79 Å². The number of nitrogens with zero attached hydrogens (tertiary/aromatic N) is 3. The average molecular weight is 359 g/mol. The summed E-state index contributed by atoms with van der Waals surface area (Å²) >= 11 is 0. The van der Waals surface area contributed by atoms with Crippen LogP contribution in [0.25, 0.3) is 11.0 Å². The van der Waals surface area contributed by atoms with Crippen molar-refractivity contribution < 1.29 is 4.79 Å². The first-order valence-electron chi connectivity index (χ1n) is 9.55. The molecule has 4 rings (SSSR count). The van der Waals surface area contributed by atoms with Gasteiger partial charge >= 0.3 is 0 Å². The molecule has 0 bridgehead atoms. The van der Waals surface area contributed by atoms with E-state index in [4.69, 9.17) is 4.98 Å². The molecular weight excluding hydrogens is 334 g/mol. The summed E-state index contributed by atoms with van der Waals surface area (Å²) in [5.41, 5.74) is 5.42.